The van der Waals surface area contributed by atoms with Gasteiger partial charge in [0.05, 0.1) is 6.61 Å². The first-order valence-corrected chi connectivity index (χ1v) is 6.74. The Labute approximate surface area is 107 Å². The molecule has 0 spiro atoms. The summed E-state index contributed by atoms with van der Waals surface area (Å²) in [6, 6.07) is 7.57. The highest BCUT2D eigenvalue weighted by atomic mass is 32.2. The van der Waals surface area contributed by atoms with Crippen molar-refractivity contribution in [1.82, 2.24) is 0 Å². The number of nitrogens with two attached hydrogens (primary N) is 1. The molecule has 0 fully saturated rings. The Morgan fingerprint density at radius 2 is 2.24 bits per heavy atom. The highest BCUT2D eigenvalue weighted by Crippen LogP contribution is 2.28. The Kier molecular flexibility index (Phi) is 5.91. The maximum Gasteiger partial charge on any atom is 0.319 e. The number of rotatable bonds is 6. The first-order chi connectivity index (χ1) is 8.17. The standard InChI is InChI=1S/C13H19NO2S/c1-3-6-12(13(15)16-4-2)17-11-8-5-7-10(14)9-11/h5,7-9,12H,3-4,6,14H2,1-2H3. The third-order valence-corrected chi connectivity index (χ3v) is 3.48. The van der Waals surface area contributed by atoms with E-state index in [1.165, 1.54) is 11.8 Å². The summed E-state index contributed by atoms with van der Waals surface area (Å²) >= 11 is 1.52. The van der Waals surface area contributed by atoms with Crippen LogP contribution < -0.4 is 5.73 Å². The zero-order valence-corrected chi connectivity index (χ0v) is 11.1. The molecule has 4 heteroatoms. The van der Waals surface area contributed by atoms with E-state index in [2.05, 4.69) is 6.92 Å². The van der Waals surface area contributed by atoms with Crippen molar-refractivity contribution >= 4 is 23.4 Å². The molecular formula is C13H19NO2S. The number of ether oxygens (including phenoxy) is 1. The van der Waals surface area contributed by atoms with Gasteiger partial charge in [0.1, 0.15) is 5.25 Å². The molecule has 1 aromatic rings. The fourth-order valence-corrected chi connectivity index (χ4v) is 2.68. The lowest BCUT2D eigenvalue weighted by atomic mass is 10.2. The molecule has 3 nitrogen and oxygen atoms in total. The highest BCUT2D eigenvalue weighted by molar-refractivity contribution is 8.00. The molecule has 0 heterocycles. The van der Waals surface area contributed by atoms with Crippen molar-refractivity contribution in [2.45, 2.75) is 36.8 Å². The van der Waals surface area contributed by atoms with Crippen LogP contribution in [0.4, 0.5) is 5.69 Å². The van der Waals surface area contributed by atoms with Gasteiger partial charge in [-0.15, -0.1) is 11.8 Å². The van der Waals surface area contributed by atoms with E-state index in [9.17, 15) is 4.79 Å². The van der Waals surface area contributed by atoms with Crippen molar-refractivity contribution in [2.75, 3.05) is 12.3 Å². The molecule has 94 valence electrons. The van der Waals surface area contributed by atoms with Crippen molar-refractivity contribution in [3.05, 3.63) is 24.3 Å². The predicted octanol–water partition coefficient (Wildman–Crippen LogP) is 3.09. The van der Waals surface area contributed by atoms with Gasteiger partial charge in [0, 0.05) is 10.6 Å². The summed E-state index contributed by atoms with van der Waals surface area (Å²) < 4.78 is 5.07. The lowest BCUT2D eigenvalue weighted by Gasteiger charge is -2.14. The highest BCUT2D eigenvalue weighted by Gasteiger charge is 2.20. The Balaban J connectivity index is 2.69. The molecule has 0 aromatic heterocycles. The van der Waals surface area contributed by atoms with Gasteiger partial charge in [-0.2, -0.15) is 0 Å². The van der Waals surface area contributed by atoms with Crippen LogP contribution >= 0.6 is 11.8 Å². The molecule has 0 aliphatic heterocycles. The Morgan fingerprint density at radius 3 is 2.82 bits per heavy atom. The minimum atomic E-state index is -0.137. The number of esters is 1. The van der Waals surface area contributed by atoms with Crippen molar-refractivity contribution < 1.29 is 9.53 Å². The summed E-state index contributed by atoms with van der Waals surface area (Å²) in [4.78, 5) is 12.8. The van der Waals surface area contributed by atoms with Crippen LogP contribution in [0.15, 0.2) is 29.2 Å². The maximum atomic E-state index is 11.7. The number of carbonyl (C=O) groups excluding carboxylic acids is 1. The van der Waals surface area contributed by atoms with Crippen LogP contribution in [0.1, 0.15) is 26.7 Å². The average molecular weight is 253 g/mol. The van der Waals surface area contributed by atoms with E-state index >= 15 is 0 Å². The molecule has 0 aliphatic rings. The van der Waals surface area contributed by atoms with Gasteiger partial charge in [-0.05, 0) is 31.5 Å². The third-order valence-electron chi connectivity index (χ3n) is 2.24. The molecule has 1 rings (SSSR count). The van der Waals surface area contributed by atoms with E-state index in [1.54, 1.807) is 0 Å². The summed E-state index contributed by atoms with van der Waals surface area (Å²) in [5.74, 6) is -0.137. The van der Waals surface area contributed by atoms with Crippen LogP contribution in [-0.2, 0) is 9.53 Å². The van der Waals surface area contributed by atoms with Gasteiger partial charge in [-0.3, -0.25) is 4.79 Å². The normalized spacial score (nSPS) is 12.1. The molecule has 0 aliphatic carbocycles. The summed E-state index contributed by atoms with van der Waals surface area (Å²) in [5.41, 5.74) is 6.43. The van der Waals surface area contributed by atoms with Crippen molar-refractivity contribution in [1.29, 1.82) is 0 Å². The topological polar surface area (TPSA) is 52.3 Å². The van der Waals surface area contributed by atoms with Gasteiger partial charge in [-0.25, -0.2) is 0 Å². The van der Waals surface area contributed by atoms with Crippen LogP contribution in [0.2, 0.25) is 0 Å². The number of nitrogen functional groups attached to an aromatic ring is 1. The van der Waals surface area contributed by atoms with Crippen LogP contribution in [0, 0.1) is 0 Å². The van der Waals surface area contributed by atoms with Crippen molar-refractivity contribution in [3.63, 3.8) is 0 Å². The molecule has 1 aromatic carbocycles. The molecule has 2 N–H and O–H groups in total. The summed E-state index contributed by atoms with van der Waals surface area (Å²) in [6.07, 6.45) is 1.77. The van der Waals surface area contributed by atoms with Gasteiger partial charge in [0.25, 0.3) is 0 Å². The first kappa shape index (κ1) is 13.9. The Bertz CT molecular complexity index is 368. The minimum Gasteiger partial charge on any atom is -0.465 e. The lowest BCUT2D eigenvalue weighted by molar-refractivity contribution is -0.142. The van der Waals surface area contributed by atoms with Crippen LogP contribution in [0.25, 0.3) is 0 Å². The average Bonchev–Trinajstić information content (AvgIpc) is 2.29. The fraction of sp³-hybridized carbons (Fsp3) is 0.462. The monoisotopic (exact) mass is 253 g/mol. The summed E-state index contributed by atoms with van der Waals surface area (Å²) in [7, 11) is 0. The first-order valence-electron chi connectivity index (χ1n) is 5.86. The van der Waals surface area contributed by atoms with E-state index < -0.39 is 0 Å². The zero-order chi connectivity index (χ0) is 12.7. The number of thioether (sulfide) groups is 1. The molecule has 0 saturated carbocycles. The zero-order valence-electron chi connectivity index (χ0n) is 10.3. The number of anilines is 1. The molecule has 0 saturated heterocycles. The molecule has 0 bridgehead atoms. The van der Waals surface area contributed by atoms with Crippen LogP contribution in [0.5, 0.6) is 0 Å². The van der Waals surface area contributed by atoms with E-state index in [1.807, 2.05) is 31.2 Å². The summed E-state index contributed by atoms with van der Waals surface area (Å²) in [5, 5.41) is -0.137. The maximum absolute atomic E-state index is 11.7. The van der Waals surface area contributed by atoms with Crippen molar-refractivity contribution in [2.24, 2.45) is 0 Å². The molecule has 1 atom stereocenters. The third kappa shape index (κ3) is 4.69. The molecule has 0 amide bonds. The summed E-state index contributed by atoms with van der Waals surface area (Å²) in [6.45, 7) is 4.31. The smallest absolute Gasteiger partial charge is 0.319 e. The SMILES string of the molecule is CCCC(Sc1cccc(N)c1)C(=O)OCC. The van der Waals surface area contributed by atoms with Gasteiger partial charge in [0.15, 0.2) is 0 Å². The van der Waals surface area contributed by atoms with Crippen molar-refractivity contribution in [3.8, 4) is 0 Å². The predicted molar refractivity (Wildman–Crippen MR) is 72.0 cm³/mol. The second kappa shape index (κ2) is 7.22. The van der Waals surface area contributed by atoms with Gasteiger partial charge in [0.2, 0.25) is 0 Å². The largest absolute Gasteiger partial charge is 0.465 e. The minimum absolute atomic E-state index is 0.137. The molecular weight excluding hydrogens is 234 g/mol. The van der Waals surface area contributed by atoms with Gasteiger partial charge >= 0.3 is 5.97 Å². The Hall–Kier alpha value is -1.16. The number of benzene rings is 1. The van der Waals surface area contributed by atoms with E-state index in [0.29, 0.717) is 12.3 Å². The number of hydrogen-bond acceptors (Lipinski definition) is 4. The number of hydrogen-bond donors (Lipinski definition) is 1. The van der Waals surface area contributed by atoms with Crippen LogP contribution in [-0.4, -0.2) is 17.8 Å². The fourth-order valence-electron chi connectivity index (χ4n) is 1.47. The molecule has 0 radical (unpaired) electrons. The Morgan fingerprint density at radius 1 is 1.47 bits per heavy atom. The quantitative estimate of drug-likeness (QED) is 0.481. The van der Waals surface area contributed by atoms with E-state index in [-0.39, 0.29) is 11.2 Å². The second-order valence-corrected chi connectivity index (χ2v) is 5.00. The van der Waals surface area contributed by atoms with Crippen LogP contribution in [0.3, 0.4) is 0 Å². The lowest BCUT2D eigenvalue weighted by Crippen LogP contribution is -2.20. The number of carbonyl (C=O) groups is 1. The molecule has 17 heavy (non-hydrogen) atoms. The van der Waals surface area contributed by atoms with Gasteiger partial charge < -0.3 is 10.5 Å². The second-order valence-electron chi connectivity index (χ2n) is 3.72. The molecule has 1 unspecified atom stereocenters. The van der Waals surface area contributed by atoms with E-state index in [4.69, 9.17) is 10.5 Å². The van der Waals surface area contributed by atoms with Gasteiger partial charge in [-0.1, -0.05) is 19.4 Å². The van der Waals surface area contributed by atoms with E-state index in [0.717, 1.165) is 17.7 Å².